The van der Waals surface area contributed by atoms with Crippen LogP contribution < -0.4 is 10.0 Å². The van der Waals surface area contributed by atoms with Crippen LogP contribution in [0.4, 0.5) is 5.69 Å². The van der Waals surface area contributed by atoms with Crippen molar-refractivity contribution in [1.29, 1.82) is 0 Å². The van der Waals surface area contributed by atoms with Crippen LogP contribution in [0.1, 0.15) is 34.7 Å². The first kappa shape index (κ1) is 20.5. The normalized spacial score (nSPS) is 14.3. The number of nitrogens with one attached hydrogen (secondary N) is 2. The van der Waals surface area contributed by atoms with E-state index in [4.69, 9.17) is 4.52 Å². The van der Waals surface area contributed by atoms with E-state index < -0.39 is 10.0 Å². The number of amides is 1. The van der Waals surface area contributed by atoms with Crippen LogP contribution in [0.3, 0.4) is 0 Å². The van der Waals surface area contributed by atoms with Crippen molar-refractivity contribution in [3.05, 3.63) is 63.7 Å². The molecule has 1 saturated carbocycles. The third kappa shape index (κ3) is 4.86. The van der Waals surface area contributed by atoms with Gasteiger partial charge in [0.15, 0.2) is 5.76 Å². The summed E-state index contributed by atoms with van der Waals surface area (Å²) in [5.74, 6) is 0.524. The highest BCUT2D eigenvalue weighted by molar-refractivity contribution is 7.89. The number of nitrogens with zero attached hydrogens (tertiary/aromatic N) is 1. The molecule has 0 atom stereocenters. The fourth-order valence-corrected chi connectivity index (χ4v) is 4.56. The molecule has 30 heavy (non-hydrogen) atoms. The predicted octanol–water partition coefficient (Wildman–Crippen LogP) is 4.04. The van der Waals surface area contributed by atoms with Crippen molar-refractivity contribution < 1.29 is 17.7 Å². The molecule has 0 radical (unpaired) electrons. The Morgan fingerprint density at radius 1 is 1.23 bits per heavy atom. The summed E-state index contributed by atoms with van der Waals surface area (Å²) in [4.78, 5) is 13.2. The zero-order valence-corrected chi connectivity index (χ0v) is 17.9. The Hall–Kier alpha value is -2.75. The van der Waals surface area contributed by atoms with Crippen LogP contribution in [-0.4, -0.2) is 19.5 Å². The van der Waals surface area contributed by atoms with E-state index in [1.54, 1.807) is 43.3 Å². The lowest BCUT2D eigenvalue weighted by Gasteiger charge is -2.06. The molecule has 4 rings (SSSR count). The van der Waals surface area contributed by atoms with Crippen molar-refractivity contribution in [2.45, 2.75) is 31.2 Å². The lowest BCUT2D eigenvalue weighted by Crippen LogP contribution is -2.22. The predicted molar refractivity (Wildman–Crippen MR) is 116 cm³/mol. The summed E-state index contributed by atoms with van der Waals surface area (Å²) in [5, 5.41) is 8.71. The number of benzene rings is 1. The summed E-state index contributed by atoms with van der Waals surface area (Å²) in [6.07, 6.45) is 5.32. The van der Waals surface area contributed by atoms with Gasteiger partial charge in [0, 0.05) is 17.3 Å². The standard InChI is InChI=1S/C21H21N3O4S2/c1-14-20(23-21(25)16-7-8-16)19(28-24-14)11-6-15-4-9-18(10-5-15)30(26,27)22-13-17-3-2-12-29-17/h2-6,9-12,16,22H,7-8,13H2,1H3,(H,23,25)/b11-6-. The highest BCUT2D eigenvalue weighted by Crippen LogP contribution is 2.32. The average molecular weight is 444 g/mol. The van der Waals surface area contributed by atoms with Gasteiger partial charge in [-0.15, -0.1) is 11.3 Å². The lowest BCUT2D eigenvalue weighted by atomic mass is 10.2. The topological polar surface area (TPSA) is 101 Å². The van der Waals surface area contributed by atoms with Crippen LogP contribution in [0.5, 0.6) is 0 Å². The van der Waals surface area contributed by atoms with E-state index in [0.717, 1.165) is 23.3 Å². The van der Waals surface area contributed by atoms with Crippen LogP contribution in [0, 0.1) is 12.8 Å². The molecular formula is C21H21N3O4S2. The second-order valence-electron chi connectivity index (χ2n) is 7.08. The van der Waals surface area contributed by atoms with Gasteiger partial charge in [-0.05, 0) is 55.0 Å². The summed E-state index contributed by atoms with van der Waals surface area (Å²) in [7, 11) is -3.58. The maximum Gasteiger partial charge on any atom is 0.240 e. The second kappa shape index (κ2) is 8.55. The molecule has 2 aromatic heterocycles. The minimum absolute atomic E-state index is 0.0134. The average Bonchev–Trinajstić information content (AvgIpc) is 3.36. The Bertz CT molecular complexity index is 1160. The molecule has 1 aromatic carbocycles. The molecule has 0 aliphatic heterocycles. The smallest absolute Gasteiger partial charge is 0.240 e. The van der Waals surface area contributed by atoms with Crippen molar-refractivity contribution in [2.75, 3.05) is 5.32 Å². The molecule has 1 fully saturated rings. The number of hydrogen-bond donors (Lipinski definition) is 2. The van der Waals surface area contributed by atoms with E-state index >= 15 is 0 Å². The molecule has 2 heterocycles. The molecule has 3 aromatic rings. The highest BCUT2D eigenvalue weighted by atomic mass is 32.2. The SMILES string of the molecule is Cc1noc(/C=C\c2ccc(S(=O)(=O)NCc3cccs3)cc2)c1NC(=O)C1CC1. The van der Waals surface area contributed by atoms with Crippen LogP contribution in [-0.2, 0) is 21.4 Å². The van der Waals surface area contributed by atoms with Crippen molar-refractivity contribution in [3.63, 3.8) is 0 Å². The Morgan fingerprint density at radius 2 is 2.00 bits per heavy atom. The van der Waals surface area contributed by atoms with Gasteiger partial charge in [0.05, 0.1) is 4.90 Å². The molecule has 1 amide bonds. The summed E-state index contributed by atoms with van der Waals surface area (Å²) in [6.45, 7) is 2.04. The molecule has 0 bridgehead atoms. The zero-order valence-electron chi connectivity index (χ0n) is 16.3. The molecule has 1 aliphatic carbocycles. The number of carbonyl (C=O) groups excluding carboxylic acids is 1. The molecule has 7 nitrogen and oxygen atoms in total. The Morgan fingerprint density at radius 3 is 2.67 bits per heavy atom. The molecule has 156 valence electrons. The number of anilines is 1. The number of aromatic nitrogens is 1. The first-order valence-corrected chi connectivity index (χ1v) is 11.9. The van der Waals surface area contributed by atoms with Gasteiger partial charge >= 0.3 is 0 Å². The first-order valence-electron chi connectivity index (χ1n) is 9.50. The Balaban J connectivity index is 1.43. The van der Waals surface area contributed by atoms with Gasteiger partial charge in [0.1, 0.15) is 11.4 Å². The minimum Gasteiger partial charge on any atom is -0.354 e. The van der Waals surface area contributed by atoms with E-state index in [-0.39, 0.29) is 23.3 Å². The summed E-state index contributed by atoms with van der Waals surface area (Å²) >= 11 is 1.50. The number of aryl methyl sites for hydroxylation is 1. The quantitative estimate of drug-likeness (QED) is 0.547. The molecular weight excluding hydrogens is 422 g/mol. The van der Waals surface area contributed by atoms with Crippen molar-refractivity contribution in [1.82, 2.24) is 9.88 Å². The molecule has 1 aliphatic rings. The molecule has 2 N–H and O–H groups in total. The van der Waals surface area contributed by atoms with Crippen molar-refractivity contribution in [2.24, 2.45) is 5.92 Å². The molecule has 0 saturated heterocycles. The number of sulfonamides is 1. The zero-order chi connectivity index (χ0) is 21.1. The van der Waals surface area contributed by atoms with Gasteiger partial charge in [-0.2, -0.15) is 0 Å². The number of hydrogen-bond acceptors (Lipinski definition) is 6. The van der Waals surface area contributed by atoms with Crippen LogP contribution in [0.25, 0.3) is 12.2 Å². The van der Waals surface area contributed by atoms with Crippen LogP contribution in [0.2, 0.25) is 0 Å². The van der Waals surface area contributed by atoms with E-state index in [2.05, 4.69) is 15.2 Å². The molecule has 9 heteroatoms. The number of rotatable bonds is 8. The maximum atomic E-state index is 12.4. The summed E-state index contributed by atoms with van der Waals surface area (Å²) in [6, 6.07) is 10.3. The van der Waals surface area contributed by atoms with Gasteiger partial charge in [0.2, 0.25) is 15.9 Å². The van der Waals surface area contributed by atoms with E-state index in [0.29, 0.717) is 17.1 Å². The van der Waals surface area contributed by atoms with Gasteiger partial charge in [-0.3, -0.25) is 4.79 Å². The third-order valence-electron chi connectivity index (χ3n) is 4.72. The molecule has 0 unspecified atom stereocenters. The Kier molecular flexibility index (Phi) is 5.85. The van der Waals surface area contributed by atoms with E-state index in [9.17, 15) is 13.2 Å². The van der Waals surface area contributed by atoms with Crippen molar-refractivity contribution in [3.8, 4) is 0 Å². The number of thiophene rings is 1. The maximum absolute atomic E-state index is 12.4. The summed E-state index contributed by atoms with van der Waals surface area (Å²) in [5.41, 5.74) is 1.97. The highest BCUT2D eigenvalue weighted by Gasteiger charge is 2.30. The Labute approximate surface area is 178 Å². The minimum atomic E-state index is -3.58. The third-order valence-corrected chi connectivity index (χ3v) is 7.01. The van der Waals surface area contributed by atoms with Crippen LogP contribution >= 0.6 is 11.3 Å². The number of carbonyl (C=O) groups is 1. The first-order chi connectivity index (χ1) is 14.4. The van der Waals surface area contributed by atoms with E-state index in [1.165, 1.54) is 11.3 Å². The van der Waals surface area contributed by atoms with Gasteiger partial charge in [-0.25, -0.2) is 13.1 Å². The van der Waals surface area contributed by atoms with Crippen molar-refractivity contribution >= 4 is 45.1 Å². The van der Waals surface area contributed by atoms with Gasteiger partial charge < -0.3 is 9.84 Å². The second-order valence-corrected chi connectivity index (χ2v) is 9.88. The summed E-state index contributed by atoms with van der Waals surface area (Å²) < 4.78 is 32.8. The van der Waals surface area contributed by atoms with Crippen LogP contribution in [0.15, 0.2) is 51.2 Å². The van der Waals surface area contributed by atoms with Gasteiger partial charge in [0.25, 0.3) is 0 Å². The van der Waals surface area contributed by atoms with E-state index in [1.807, 2.05) is 17.5 Å². The largest absolute Gasteiger partial charge is 0.354 e. The monoisotopic (exact) mass is 443 g/mol. The fourth-order valence-electron chi connectivity index (χ4n) is 2.82. The van der Waals surface area contributed by atoms with Gasteiger partial charge in [-0.1, -0.05) is 29.4 Å². The lowest BCUT2D eigenvalue weighted by molar-refractivity contribution is -0.117. The molecule has 0 spiro atoms. The fraction of sp³-hybridized carbons (Fsp3) is 0.238.